The van der Waals surface area contributed by atoms with Gasteiger partial charge in [-0.15, -0.1) is 0 Å². The average molecular weight is 304 g/mol. The van der Waals surface area contributed by atoms with Crippen molar-refractivity contribution in [1.29, 1.82) is 0 Å². The smallest absolute Gasteiger partial charge is 0.339 e. The van der Waals surface area contributed by atoms with E-state index >= 15 is 0 Å². The first-order valence-electron chi connectivity index (χ1n) is 6.74. The third-order valence-electron chi connectivity index (χ3n) is 3.42. The van der Waals surface area contributed by atoms with E-state index in [1.165, 1.54) is 13.2 Å². The van der Waals surface area contributed by atoms with Gasteiger partial charge in [-0.25, -0.2) is 9.18 Å². The van der Waals surface area contributed by atoms with Gasteiger partial charge in [0.2, 0.25) is 0 Å². The summed E-state index contributed by atoms with van der Waals surface area (Å²) < 4.78 is 18.2. The average Bonchev–Trinajstić information content (AvgIpc) is 2.80. The number of nitrogens with one attached hydrogen (secondary N) is 2. The predicted octanol–water partition coefficient (Wildman–Crippen LogP) is 2.85. The Hall–Kier alpha value is -2.63. The number of hydrogen-bond donors (Lipinski definition) is 2. The Morgan fingerprint density at radius 1 is 1.27 bits per heavy atom. The number of esters is 1. The van der Waals surface area contributed by atoms with Crippen LogP contribution in [0.1, 0.15) is 32.1 Å². The maximum absolute atomic E-state index is 13.5. The highest BCUT2D eigenvalue weighted by atomic mass is 19.1. The van der Waals surface area contributed by atoms with Gasteiger partial charge in [0.1, 0.15) is 5.82 Å². The first-order valence-corrected chi connectivity index (χ1v) is 6.74. The molecule has 0 atom stereocenters. The van der Waals surface area contributed by atoms with Crippen LogP contribution in [0.25, 0.3) is 0 Å². The molecule has 0 saturated heterocycles. The van der Waals surface area contributed by atoms with E-state index < -0.39 is 11.8 Å². The van der Waals surface area contributed by atoms with Crippen molar-refractivity contribution in [1.82, 2.24) is 4.98 Å². The summed E-state index contributed by atoms with van der Waals surface area (Å²) in [4.78, 5) is 26.8. The molecule has 1 aromatic carbocycles. The van der Waals surface area contributed by atoms with E-state index in [-0.39, 0.29) is 18.0 Å². The molecule has 22 heavy (non-hydrogen) atoms. The normalized spacial score (nSPS) is 10.4. The van der Waals surface area contributed by atoms with Crippen LogP contribution in [-0.2, 0) is 4.74 Å². The summed E-state index contributed by atoms with van der Waals surface area (Å²) in [5.74, 6) is -1.18. The van der Waals surface area contributed by atoms with E-state index in [9.17, 15) is 14.0 Å². The number of carbonyl (C=O) groups is 2. The van der Waals surface area contributed by atoms with E-state index in [2.05, 4.69) is 10.3 Å². The summed E-state index contributed by atoms with van der Waals surface area (Å²) in [6.07, 6.45) is 0. The maximum atomic E-state index is 13.5. The molecule has 1 heterocycles. The second kappa shape index (κ2) is 6.43. The lowest BCUT2D eigenvalue weighted by Crippen LogP contribution is -2.16. The lowest BCUT2D eigenvalue weighted by Gasteiger charge is -2.06. The Kier molecular flexibility index (Phi) is 4.60. The van der Waals surface area contributed by atoms with Gasteiger partial charge in [-0.2, -0.15) is 0 Å². The summed E-state index contributed by atoms with van der Waals surface area (Å²) in [7, 11) is 1.29. The van der Waals surface area contributed by atoms with Crippen molar-refractivity contribution in [3.05, 3.63) is 52.6 Å². The number of methoxy groups -OCH3 is 1. The molecule has 1 aromatic heterocycles. The van der Waals surface area contributed by atoms with Crippen molar-refractivity contribution in [2.75, 3.05) is 19.0 Å². The molecule has 0 aliphatic rings. The van der Waals surface area contributed by atoms with Crippen LogP contribution >= 0.6 is 0 Å². The first kappa shape index (κ1) is 15.8. The number of aromatic amines is 1. The summed E-state index contributed by atoms with van der Waals surface area (Å²) in [5.41, 5.74) is 2.03. The number of aryl methyl sites for hydroxylation is 1. The molecule has 2 N–H and O–H groups in total. The van der Waals surface area contributed by atoms with E-state index in [0.717, 1.165) is 0 Å². The zero-order chi connectivity index (χ0) is 16.3. The third-order valence-corrected chi connectivity index (χ3v) is 3.42. The largest absolute Gasteiger partial charge is 0.465 e. The molecular formula is C16H17FN2O3. The standard InChI is InChI=1S/C16H17FN2O3/c1-9-14(16(21)22-3)10(2)19-15(9)13(20)8-18-12-7-5-4-6-11(12)17/h4-7,18-19H,8H2,1-3H3. The molecule has 2 aromatic rings. The number of aromatic nitrogens is 1. The molecule has 0 bridgehead atoms. The van der Waals surface area contributed by atoms with Crippen LogP contribution in [0.5, 0.6) is 0 Å². The number of para-hydroxylation sites is 1. The lowest BCUT2D eigenvalue weighted by molar-refractivity contribution is 0.0599. The van der Waals surface area contributed by atoms with E-state index in [4.69, 9.17) is 4.74 Å². The minimum atomic E-state index is -0.493. The van der Waals surface area contributed by atoms with Crippen LogP contribution in [0, 0.1) is 19.7 Å². The third kappa shape index (κ3) is 3.00. The van der Waals surface area contributed by atoms with E-state index in [1.807, 2.05) is 0 Å². The minimum Gasteiger partial charge on any atom is -0.465 e. The molecule has 0 amide bonds. The number of carbonyl (C=O) groups excluding carboxylic acids is 2. The zero-order valence-electron chi connectivity index (χ0n) is 12.6. The molecule has 0 unspecified atom stereocenters. The lowest BCUT2D eigenvalue weighted by atomic mass is 10.1. The monoisotopic (exact) mass is 304 g/mol. The Morgan fingerprint density at radius 2 is 1.95 bits per heavy atom. The Morgan fingerprint density at radius 3 is 2.59 bits per heavy atom. The number of rotatable bonds is 5. The van der Waals surface area contributed by atoms with Gasteiger partial charge in [0.15, 0.2) is 5.78 Å². The highest BCUT2D eigenvalue weighted by Crippen LogP contribution is 2.20. The van der Waals surface area contributed by atoms with Crippen molar-refractivity contribution in [2.24, 2.45) is 0 Å². The van der Waals surface area contributed by atoms with Crippen molar-refractivity contribution >= 4 is 17.4 Å². The number of benzene rings is 1. The van der Waals surface area contributed by atoms with Crippen LogP contribution in [0.3, 0.4) is 0 Å². The molecule has 0 aliphatic carbocycles. The van der Waals surface area contributed by atoms with E-state index in [1.54, 1.807) is 32.0 Å². The topological polar surface area (TPSA) is 71.2 Å². The molecule has 5 nitrogen and oxygen atoms in total. The second-order valence-electron chi connectivity index (χ2n) is 4.87. The minimum absolute atomic E-state index is 0.0810. The fourth-order valence-corrected chi connectivity index (χ4v) is 2.31. The fourth-order valence-electron chi connectivity index (χ4n) is 2.31. The van der Waals surface area contributed by atoms with Gasteiger partial charge < -0.3 is 15.0 Å². The number of ketones is 1. The molecule has 0 aliphatic heterocycles. The summed E-state index contributed by atoms with van der Waals surface area (Å²) >= 11 is 0. The van der Waals surface area contributed by atoms with Crippen LogP contribution in [0.15, 0.2) is 24.3 Å². The SMILES string of the molecule is COC(=O)c1c(C)[nH]c(C(=O)CNc2ccccc2F)c1C. The van der Waals surface area contributed by atoms with Crippen LogP contribution < -0.4 is 5.32 Å². The van der Waals surface area contributed by atoms with Gasteiger partial charge in [-0.3, -0.25) is 4.79 Å². The maximum Gasteiger partial charge on any atom is 0.339 e. The molecular weight excluding hydrogens is 287 g/mol. The van der Waals surface area contributed by atoms with Crippen molar-refractivity contribution in [2.45, 2.75) is 13.8 Å². The second-order valence-corrected chi connectivity index (χ2v) is 4.87. The van der Waals surface area contributed by atoms with Crippen LogP contribution in [-0.4, -0.2) is 30.4 Å². The first-order chi connectivity index (χ1) is 10.5. The van der Waals surface area contributed by atoms with Gasteiger partial charge in [-0.05, 0) is 31.5 Å². The molecule has 0 fully saturated rings. The van der Waals surface area contributed by atoms with Crippen molar-refractivity contribution in [3.8, 4) is 0 Å². The van der Waals surface area contributed by atoms with Gasteiger partial charge >= 0.3 is 5.97 Å². The number of anilines is 1. The molecule has 6 heteroatoms. The Balaban J connectivity index is 2.17. The zero-order valence-corrected chi connectivity index (χ0v) is 12.6. The highest BCUT2D eigenvalue weighted by Gasteiger charge is 2.22. The number of halogens is 1. The molecule has 2 rings (SSSR count). The van der Waals surface area contributed by atoms with Crippen LogP contribution in [0.2, 0.25) is 0 Å². The van der Waals surface area contributed by atoms with Gasteiger partial charge in [0.05, 0.1) is 30.6 Å². The summed E-state index contributed by atoms with van der Waals surface area (Å²) in [6, 6.07) is 6.11. The summed E-state index contributed by atoms with van der Waals surface area (Å²) in [6.45, 7) is 3.29. The summed E-state index contributed by atoms with van der Waals surface area (Å²) in [5, 5.41) is 2.75. The number of Topliss-reactive ketones (excluding diaryl/α,β-unsaturated/α-hetero) is 1. The predicted molar refractivity (Wildman–Crippen MR) is 80.8 cm³/mol. The molecule has 0 radical (unpaired) electrons. The van der Waals surface area contributed by atoms with Crippen LogP contribution in [0.4, 0.5) is 10.1 Å². The number of H-pyrrole nitrogens is 1. The highest BCUT2D eigenvalue weighted by molar-refractivity contribution is 6.03. The number of hydrogen-bond acceptors (Lipinski definition) is 4. The van der Waals surface area contributed by atoms with Gasteiger partial charge in [0, 0.05) is 5.69 Å². The molecule has 116 valence electrons. The van der Waals surface area contributed by atoms with Gasteiger partial charge in [-0.1, -0.05) is 12.1 Å². The van der Waals surface area contributed by atoms with Gasteiger partial charge in [0.25, 0.3) is 0 Å². The number of ether oxygens (including phenoxy) is 1. The Bertz CT molecular complexity index is 722. The quantitative estimate of drug-likeness (QED) is 0.658. The molecule has 0 saturated carbocycles. The van der Waals surface area contributed by atoms with E-state index in [0.29, 0.717) is 22.5 Å². The molecule has 0 spiro atoms. The van der Waals surface area contributed by atoms with Crippen molar-refractivity contribution in [3.63, 3.8) is 0 Å². The Labute approximate surface area is 127 Å². The van der Waals surface area contributed by atoms with Crippen molar-refractivity contribution < 1.29 is 18.7 Å². The fraction of sp³-hybridized carbons (Fsp3) is 0.250.